The van der Waals surface area contributed by atoms with Gasteiger partial charge in [0.2, 0.25) is 0 Å². The number of amides is 1. The van der Waals surface area contributed by atoms with Crippen molar-refractivity contribution in [3.05, 3.63) is 59.7 Å². The maximum atomic E-state index is 12.5. The monoisotopic (exact) mass is 332 g/mol. The summed E-state index contributed by atoms with van der Waals surface area (Å²) in [5, 5.41) is 2.49. The van der Waals surface area contributed by atoms with Gasteiger partial charge in [0.15, 0.2) is 0 Å². The molecule has 0 saturated carbocycles. The summed E-state index contributed by atoms with van der Waals surface area (Å²) in [5.41, 5.74) is 1.63. The number of anilines is 1. The average molecular weight is 332 g/mol. The van der Waals surface area contributed by atoms with E-state index in [0.29, 0.717) is 0 Å². The first-order chi connectivity index (χ1) is 11.0. The fraction of sp³-hybridized carbons (Fsp3) is 0.235. The van der Waals surface area contributed by atoms with E-state index in [4.69, 9.17) is 0 Å². The summed E-state index contributed by atoms with van der Waals surface area (Å²) in [7, 11) is -2.24. The number of carbonyl (C=O) groups excluding carboxylic acids is 1. The molecule has 0 atom stereocenters. The number of para-hydroxylation sites is 1. The van der Waals surface area contributed by atoms with Crippen LogP contribution in [-0.2, 0) is 16.4 Å². The zero-order chi connectivity index (χ0) is 16.9. The number of aryl methyl sites for hydroxylation is 1. The van der Waals surface area contributed by atoms with Gasteiger partial charge in [-0.25, -0.2) is 8.42 Å². The van der Waals surface area contributed by atoms with E-state index < -0.39 is 10.0 Å². The molecule has 2 aromatic carbocycles. The Labute approximate surface area is 136 Å². The van der Waals surface area contributed by atoms with E-state index in [0.717, 1.165) is 18.4 Å². The molecular formula is C17H20N2O3S. The standard InChI is InChI=1S/C17H20N2O3S/c1-3-6-13-9-11-14(12-10-13)23(21,22)19-16-8-5-4-7-15(16)17(20)18-2/h4-5,7-12,19H,3,6H2,1-2H3,(H,18,20). The number of hydrogen-bond donors (Lipinski definition) is 2. The fourth-order valence-electron chi connectivity index (χ4n) is 2.23. The fourth-order valence-corrected chi connectivity index (χ4v) is 3.31. The van der Waals surface area contributed by atoms with Crippen LogP contribution in [0.25, 0.3) is 0 Å². The second kappa shape index (κ2) is 7.28. The van der Waals surface area contributed by atoms with Gasteiger partial charge >= 0.3 is 0 Å². The van der Waals surface area contributed by atoms with E-state index in [-0.39, 0.29) is 22.1 Å². The third kappa shape index (κ3) is 4.10. The minimum Gasteiger partial charge on any atom is -0.355 e. The van der Waals surface area contributed by atoms with Gasteiger partial charge in [-0.2, -0.15) is 0 Å². The number of benzene rings is 2. The van der Waals surface area contributed by atoms with Crippen molar-refractivity contribution in [3.8, 4) is 0 Å². The van der Waals surface area contributed by atoms with Crippen LogP contribution in [0, 0.1) is 0 Å². The summed E-state index contributed by atoms with van der Waals surface area (Å²) >= 11 is 0. The quantitative estimate of drug-likeness (QED) is 0.854. The van der Waals surface area contributed by atoms with Crippen molar-refractivity contribution in [2.75, 3.05) is 11.8 Å². The van der Waals surface area contributed by atoms with Crippen molar-refractivity contribution < 1.29 is 13.2 Å². The third-order valence-electron chi connectivity index (χ3n) is 3.42. The highest BCUT2D eigenvalue weighted by molar-refractivity contribution is 7.92. The van der Waals surface area contributed by atoms with E-state index in [9.17, 15) is 13.2 Å². The molecule has 1 amide bonds. The molecule has 0 fully saturated rings. The van der Waals surface area contributed by atoms with Gasteiger partial charge in [-0.3, -0.25) is 9.52 Å². The molecule has 5 nitrogen and oxygen atoms in total. The number of rotatable bonds is 6. The number of nitrogens with one attached hydrogen (secondary N) is 2. The first-order valence-electron chi connectivity index (χ1n) is 7.41. The molecule has 0 aliphatic carbocycles. The summed E-state index contributed by atoms with van der Waals surface area (Å²) in [6.07, 6.45) is 1.91. The predicted molar refractivity (Wildman–Crippen MR) is 91.1 cm³/mol. The number of hydrogen-bond acceptors (Lipinski definition) is 3. The molecule has 2 aromatic rings. The second-order valence-corrected chi connectivity index (χ2v) is 6.81. The van der Waals surface area contributed by atoms with E-state index in [1.807, 2.05) is 12.1 Å². The molecule has 0 heterocycles. The lowest BCUT2D eigenvalue weighted by molar-refractivity contribution is 0.0964. The Morgan fingerprint density at radius 1 is 1.04 bits per heavy atom. The van der Waals surface area contributed by atoms with Crippen molar-refractivity contribution in [1.82, 2.24) is 5.32 Å². The minimum atomic E-state index is -3.74. The van der Waals surface area contributed by atoms with Crippen LogP contribution in [0.5, 0.6) is 0 Å². The summed E-state index contributed by atoms with van der Waals surface area (Å²) in [6.45, 7) is 2.07. The van der Waals surface area contributed by atoms with Crippen LogP contribution >= 0.6 is 0 Å². The van der Waals surface area contributed by atoms with Crippen molar-refractivity contribution in [2.45, 2.75) is 24.7 Å². The Morgan fingerprint density at radius 2 is 1.70 bits per heavy atom. The van der Waals surface area contributed by atoms with Crippen LogP contribution in [0.4, 0.5) is 5.69 Å². The zero-order valence-electron chi connectivity index (χ0n) is 13.2. The van der Waals surface area contributed by atoms with Gasteiger partial charge in [-0.15, -0.1) is 0 Å². The second-order valence-electron chi connectivity index (χ2n) is 5.12. The molecule has 0 radical (unpaired) electrons. The topological polar surface area (TPSA) is 75.3 Å². The van der Waals surface area contributed by atoms with E-state index in [1.54, 1.807) is 36.4 Å². The highest BCUT2D eigenvalue weighted by atomic mass is 32.2. The van der Waals surface area contributed by atoms with Gasteiger partial charge in [0, 0.05) is 7.05 Å². The van der Waals surface area contributed by atoms with Crippen LogP contribution in [0.15, 0.2) is 53.4 Å². The minimum absolute atomic E-state index is 0.170. The maximum Gasteiger partial charge on any atom is 0.261 e. The van der Waals surface area contributed by atoms with Crippen molar-refractivity contribution in [1.29, 1.82) is 0 Å². The molecule has 2 rings (SSSR count). The Hall–Kier alpha value is -2.34. The predicted octanol–water partition coefficient (Wildman–Crippen LogP) is 2.80. The highest BCUT2D eigenvalue weighted by Crippen LogP contribution is 2.20. The smallest absolute Gasteiger partial charge is 0.261 e. The first-order valence-corrected chi connectivity index (χ1v) is 8.89. The van der Waals surface area contributed by atoms with Crippen molar-refractivity contribution >= 4 is 21.6 Å². The largest absolute Gasteiger partial charge is 0.355 e. The lowest BCUT2D eigenvalue weighted by Crippen LogP contribution is -2.21. The van der Waals surface area contributed by atoms with Crippen LogP contribution < -0.4 is 10.0 Å². The summed E-state index contributed by atoms with van der Waals surface area (Å²) < 4.78 is 27.5. The first kappa shape index (κ1) is 17.0. The molecule has 2 N–H and O–H groups in total. The Balaban J connectivity index is 2.30. The van der Waals surface area contributed by atoms with Crippen molar-refractivity contribution in [3.63, 3.8) is 0 Å². The summed E-state index contributed by atoms with van der Waals surface area (Å²) in [6, 6.07) is 13.3. The molecule has 0 unspecified atom stereocenters. The third-order valence-corrected chi connectivity index (χ3v) is 4.80. The lowest BCUT2D eigenvalue weighted by atomic mass is 10.1. The molecule has 6 heteroatoms. The molecule has 122 valence electrons. The van der Waals surface area contributed by atoms with Gasteiger partial charge in [0.25, 0.3) is 15.9 Å². The summed E-state index contributed by atoms with van der Waals surface area (Å²) in [4.78, 5) is 12.0. The Kier molecular flexibility index (Phi) is 5.39. The Morgan fingerprint density at radius 3 is 2.30 bits per heavy atom. The number of sulfonamides is 1. The van der Waals surface area contributed by atoms with Gasteiger partial charge in [-0.05, 0) is 36.2 Å². The molecule has 0 saturated heterocycles. The van der Waals surface area contributed by atoms with Crippen LogP contribution in [0.2, 0.25) is 0 Å². The zero-order valence-corrected chi connectivity index (χ0v) is 14.0. The van der Waals surface area contributed by atoms with Gasteiger partial charge in [-0.1, -0.05) is 37.6 Å². The van der Waals surface area contributed by atoms with Crippen molar-refractivity contribution in [2.24, 2.45) is 0 Å². The maximum absolute atomic E-state index is 12.5. The van der Waals surface area contributed by atoms with Gasteiger partial charge in [0.05, 0.1) is 16.1 Å². The summed E-state index contributed by atoms with van der Waals surface area (Å²) in [5.74, 6) is -0.346. The molecular weight excluding hydrogens is 312 g/mol. The van der Waals surface area contributed by atoms with Crippen LogP contribution in [-0.4, -0.2) is 21.4 Å². The lowest BCUT2D eigenvalue weighted by Gasteiger charge is -2.12. The molecule has 0 bridgehead atoms. The Bertz CT molecular complexity index is 784. The molecule has 23 heavy (non-hydrogen) atoms. The average Bonchev–Trinajstić information content (AvgIpc) is 2.55. The molecule has 0 spiro atoms. The van der Waals surface area contributed by atoms with Crippen LogP contribution in [0.1, 0.15) is 29.3 Å². The van der Waals surface area contributed by atoms with E-state index in [1.165, 1.54) is 7.05 Å². The number of carbonyl (C=O) groups is 1. The van der Waals surface area contributed by atoms with E-state index in [2.05, 4.69) is 17.0 Å². The SMILES string of the molecule is CCCc1ccc(S(=O)(=O)Nc2ccccc2C(=O)NC)cc1. The molecule has 0 aliphatic rings. The van der Waals surface area contributed by atoms with Crippen LogP contribution in [0.3, 0.4) is 0 Å². The van der Waals surface area contributed by atoms with Gasteiger partial charge in [0.1, 0.15) is 0 Å². The van der Waals surface area contributed by atoms with E-state index >= 15 is 0 Å². The highest BCUT2D eigenvalue weighted by Gasteiger charge is 2.17. The molecule has 0 aliphatic heterocycles. The molecule has 0 aromatic heterocycles. The van der Waals surface area contributed by atoms with Gasteiger partial charge < -0.3 is 5.32 Å². The normalized spacial score (nSPS) is 11.0.